The summed E-state index contributed by atoms with van der Waals surface area (Å²) in [5.74, 6) is 0.254. The van der Waals surface area contributed by atoms with E-state index in [1.165, 1.54) is 0 Å². The van der Waals surface area contributed by atoms with Crippen LogP contribution in [0.1, 0.15) is 59.8 Å². The van der Waals surface area contributed by atoms with Crippen LogP contribution in [0.5, 0.6) is 0 Å². The molecule has 1 aliphatic heterocycles. The van der Waals surface area contributed by atoms with Gasteiger partial charge in [-0.1, -0.05) is 27.2 Å². The number of carbonyl (C=O) groups excluding carboxylic acids is 1. The molecule has 0 aromatic heterocycles. The fraction of sp³-hybridized carbons (Fsp3) is 0.933. The van der Waals surface area contributed by atoms with Crippen LogP contribution in [0, 0.1) is 0 Å². The fourth-order valence-corrected chi connectivity index (χ4v) is 2.56. The van der Waals surface area contributed by atoms with Gasteiger partial charge in [0, 0.05) is 19.8 Å². The number of carbonyl (C=O) groups is 1. The zero-order chi connectivity index (χ0) is 14.3. The Hall–Kier alpha value is -0.610. The van der Waals surface area contributed by atoms with Crippen LogP contribution in [0.25, 0.3) is 0 Å². The maximum Gasteiger partial charge on any atom is 0.243 e. The van der Waals surface area contributed by atoms with Crippen molar-refractivity contribution in [3.63, 3.8) is 0 Å². The van der Waals surface area contributed by atoms with Gasteiger partial charge in [0.15, 0.2) is 0 Å². The first-order valence-corrected chi connectivity index (χ1v) is 7.75. The lowest BCUT2D eigenvalue weighted by molar-refractivity contribution is -0.133. The highest BCUT2D eigenvalue weighted by atomic mass is 16.5. The molecule has 0 spiro atoms. The molecule has 4 nitrogen and oxygen atoms in total. The summed E-state index contributed by atoms with van der Waals surface area (Å²) in [6, 6.07) is 0. The van der Waals surface area contributed by atoms with Crippen LogP contribution in [0.3, 0.4) is 0 Å². The Morgan fingerprint density at radius 3 is 2.58 bits per heavy atom. The molecule has 0 aromatic carbocycles. The molecule has 0 radical (unpaired) electrons. The Labute approximate surface area is 117 Å². The Bertz CT molecular complexity index is 283. The van der Waals surface area contributed by atoms with E-state index in [1.54, 1.807) is 0 Å². The van der Waals surface area contributed by atoms with E-state index in [9.17, 15) is 4.79 Å². The summed E-state index contributed by atoms with van der Waals surface area (Å²) in [7, 11) is 0. The molecule has 1 aliphatic rings. The van der Waals surface area contributed by atoms with Crippen molar-refractivity contribution in [3.8, 4) is 0 Å². The van der Waals surface area contributed by atoms with Gasteiger partial charge < -0.3 is 9.64 Å². The van der Waals surface area contributed by atoms with Crippen molar-refractivity contribution >= 4 is 5.91 Å². The first-order chi connectivity index (χ1) is 9.09. The predicted molar refractivity (Wildman–Crippen MR) is 78.0 cm³/mol. The first-order valence-electron chi connectivity index (χ1n) is 7.75. The normalized spacial score (nSPS) is 27.3. The quantitative estimate of drug-likeness (QED) is 0.655. The van der Waals surface area contributed by atoms with Crippen molar-refractivity contribution in [3.05, 3.63) is 0 Å². The van der Waals surface area contributed by atoms with Crippen LogP contribution in [-0.2, 0) is 9.53 Å². The molecule has 1 rings (SSSR count). The smallest absolute Gasteiger partial charge is 0.243 e. The molecule has 0 aliphatic carbocycles. The molecule has 19 heavy (non-hydrogen) atoms. The average molecular weight is 270 g/mol. The third-order valence-corrected chi connectivity index (χ3v) is 3.90. The van der Waals surface area contributed by atoms with Crippen LogP contribution in [0.15, 0.2) is 0 Å². The molecule has 0 bridgehead atoms. The molecule has 2 unspecified atom stereocenters. The van der Waals surface area contributed by atoms with Gasteiger partial charge in [0.2, 0.25) is 5.91 Å². The minimum absolute atomic E-state index is 0.202. The van der Waals surface area contributed by atoms with Crippen molar-refractivity contribution in [2.24, 2.45) is 0 Å². The zero-order valence-electron chi connectivity index (χ0n) is 13.0. The van der Waals surface area contributed by atoms with Crippen LogP contribution >= 0.6 is 0 Å². The highest BCUT2D eigenvalue weighted by Gasteiger charge is 2.45. The van der Waals surface area contributed by atoms with E-state index in [1.807, 2.05) is 11.8 Å². The van der Waals surface area contributed by atoms with E-state index >= 15 is 0 Å². The number of amides is 1. The highest BCUT2D eigenvalue weighted by Crippen LogP contribution is 2.25. The standard InChI is InChI=1S/C15H30N2O2/c1-5-9-13-16-15(4,7-3)14(18)17(13)10-8-12-19-11-6-2/h13,16H,5-12H2,1-4H3. The number of hydrogen-bond donors (Lipinski definition) is 1. The van der Waals surface area contributed by atoms with E-state index in [2.05, 4.69) is 26.1 Å². The van der Waals surface area contributed by atoms with Gasteiger partial charge in [-0.25, -0.2) is 0 Å². The Balaban J connectivity index is 2.49. The largest absolute Gasteiger partial charge is 0.381 e. The molecule has 0 saturated carbocycles. The Kier molecular flexibility index (Phi) is 6.80. The molecule has 1 N–H and O–H groups in total. The second-order valence-corrected chi connectivity index (χ2v) is 5.60. The van der Waals surface area contributed by atoms with E-state index in [0.717, 1.165) is 51.9 Å². The Morgan fingerprint density at radius 2 is 2.00 bits per heavy atom. The van der Waals surface area contributed by atoms with Crippen molar-refractivity contribution in [1.82, 2.24) is 10.2 Å². The summed E-state index contributed by atoms with van der Waals surface area (Å²) in [4.78, 5) is 14.5. The summed E-state index contributed by atoms with van der Waals surface area (Å²) in [5, 5.41) is 3.51. The van der Waals surface area contributed by atoms with Gasteiger partial charge in [-0.15, -0.1) is 0 Å². The summed E-state index contributed by atoms with van der Waals surface area (Å²) in [6.45, 7) is 10.7. The molecular formula is C15H30N2O2. The van der Waals surface area contributed by atoms with Gasteiger partial charge >= 0.3 is 0 Å². The molecule has 1 heterocycles. The summed E-state index contributed by atoms with van der Waals surface area (Å²) >= 11 is 0. The van der Waals surface area contributed by atoms with E-state index < -0.39 is 0 Å². The van der Waals surface area contributed by atoms with Crippen LogP contribution < -0.4 is 5.32 Å². The number of hydrogen-bond acceptors (Lipinski definition) is 3. The third-order valence-electron chi connectivity index (χ3n) is 3.90. The molecule has 112 valence electrons. The van der Waals surface area contributed by atoms with Crippen molar-refractivity contribution in [1.29, 1.82) is 0 Å². The second-order valence-electron chi connectivity index (χ2n) is 5.60. The van der Waals surface area contributed by atoms with Gasteiger partial charge in [-0.05, 0) is 32.6 Å². The van der Waals surface area contributed by atoms with Gasteiger partial charge in [0.25, 0.3) is 0 Å². The topological polar surface area (TPSA) is 41.6 Å². The lowest BCUT2D eigenvalue weighted by atomic mass is 9.99. The van der Waals surface area contributed by atoms with Gasteiger partial charge in [-0.2, -0.15) is 0 Å². The van der Waals surface area contributed by atoms with Crippen LogP contribution in [0.4, 0.5) is 0 Å². The predicted octanol–water partition coefficient (Wildman–Crippen LogP) is 2.53. The first kappa shape index (κ1) is 16.4. The summed E-state index contributed by atoms with van der Waals surface area (Å²) in [5.41, 5.74) is -0.371. The molecule has 2 atom stereocenters. The molecule has 1 fully saturated rings. The fourth-order valence-electron chi connectivity index (χ4n) is 2.56. The molecule has 1 amide bonds. The van der Waals surface area contributed by atoms with Gasteiger partial charge in [0.1, 0.15) is 0 Å². The second kappa shape index (κ2) is 7.85. The monoisotopic (exact) mass is 270 g/mol. The molecule has 4 heteroatoms. The maximum absolute atomic E-state index is 12.5. The third kappa shape index (κ3) is 4.18. The highest BCUT2D eigenvalue weighted by molar-refractivity contribution is 5.88. The molecule has 0 aromatic rings. The Morgan fingerprint density at radius 1 is 1.26 bits per heavy atom. The maximum atomic E-state index is 12.5. The van der Waals surface area contributed by atoms with Crippen LogP contribution in [-0.4, -0.2) is 42.3 Å². The minimum atomic E-state index is -0.371. The number of rotatable bonds is 9. The number of ether oxygens (including phenoxy) is 1. The number of nitrogens with zero attached hydrogens (tertiary/aromatic N) is 1. The zero-order valence-corrected chi connectivity index (χ0v) is 13.0. The van der Waals surface area contributed by atoms with Crippen LogP contribution in [0.2, 0.25) is 0 Å². The SMILES string of the molecule is CCCOCCCN1C(=O)C(C)(CC)NC1CCC. The summed E-state index contributed by atoms with van der Waals surface area (Å²) < 4.78 is 5.49. The van der Waals surface area contributed by atoms with Gasteiger partial charge in [0.05, 0.1) is 11.7 Å². The van der Waals surface area contributed by atoms with Crippen molar-refractivity contribution in [2.75, 3.05) is 19.8 Å². The van der Waals surface area contributed by atoms with E-state index in [4.69, 9.17) is 4.74 Å². The van der Waals surface area contributed by atoms with Crippen molar-refractivity contribution in [2.45, 2.75) is 71.5 Å². The van der Waals surface area contributed by atoms with E-state index in [0.29, 0.717) is 0 Å². The minimum Gasteiger partial charge on any atom is -0.381 e. The lowest BCUT2D eigenvalue weighted by Gasteiger charge is -2.23. The summed E-state index contributed by atoms with van der Waals surface area (Å²) in [6.07, 6.45) is 5.14. The van der Waals surface area contributed by atoms with Crippen molar-refractivity contribution < 1.29 is 9.53 Å². The van der Waals surface area contributed by atoms with E-state index in [-0.39, 0.29) is 17.6 Å². The lowest BCUT2D eigenvalue weighted by Crippen LogP contribution is -2.43. The van der Waals surface area contributed by atoms with Gasteiger partial charge in [-0.3, -0.25) is 10.1 Å². The molecular weight excluding hydrogens is 240 g/mol. The average Bonchev–Trinajstić information content (AvgIpc) is 2.64. The molecule has 1 saturated heterocycles. The number of nitrogens with one attached hydrogen (secondary N) is 1.